The van der Waals surface area contributed by atoms with Crippen molar-refractivity contribution in [3.63, 3.8) is 0 Å². The second-order valence-electron chi connectivity index (χ2n) is 12.2. The van der Waals surface area contributed by atoms with E-state index in [1.807, 2.05) is 53.4 Å². The number of benzene rings is 8. The van der Waals surface area contributed by atoms with Crippen LogP contribution in [-0.2, 0) is 0 Å². The molecule has 0 radical (unpaired) electrons. The number of rotatable bonds is 6. The molecule has 2 nitrogen and oxygen atoms in total. The fraction of sp³-hybridized carbons (Fsp3) is 0.0217. The van der Waals surface area contributed by atoms with E-state index in [4.69, 9.17) is 0 Å². The molecule has 8 aromatic carbocycles. The Morgan fingerprint density at radius 2 is 0.917 bits per heavy atom. The van der Waals surface area contributed by atoms with Gasteiger partial charge < -0.3 is 0 Å². The summed E-state index contributed by atoms with van der Waals surface area (Å²) in [6.07, 6.45) is 0. The number of amidine groups is 1. The number of nitrogens with zero attached hydrogens (tertiary/aromatic N) is 1. The molecule has 8 aromatic rings. The van der Waals surface area contributed by atoms with Gasteiger partial charge in [-0.2, -0.15) is 0 Å². The molecular weight excluding hydrogens is 581 g/mol. The van der Waals surface area contributed by atoms with Gasteiger partial charge in [0.25, 0.3) is 0 Å². The molecule has 1 N–H and O–H groups in total. The van der Waals surface area contributed by atoms with Crippen LogP contribution in [0.15, 0.2) is 182 Å². The second kappa shape index (κ2) is 12.5. The van der Waals surface area contributed by atoms with Crippen molar-refractivity contribution in [2.75, 3.05) is 4.90 Å². The van der Waals surface area contributed by atoms with Gasteiger partial charge in [0.05, 0.1) is 0 Å². The van der Waals surface area contributed by atoms with E-state index in [-0.39, 0.29) is 0 Å². The zero-order chi connectivity index (χ0) is 32.5. The van der Waals surface area contributed by atoms with Gasteiger partial charge in [0, 0.05) is 16.9 Å². The number of hydrogen-bond acceptors (Lipinski definition) is 1. The highest BCUT2D eigenvalue weighted by Gasteiger charge is 2.20. The minimum absolute atomic E-state index is 0.437. The predicted octanol–water partition coefficient (Wildman–Crippen LogP) is 12.5. The minimum Gasteiger partial charge on any atom is -0.295 e. The molecule has 0 atom stereocenters. The van der Waals surface area contributed by atoms with Crippen LogP contribution in [0, 0.1) is 12.3 Å². The zero-order valence-corrected chi connectivity index (χ0v) is 26.8. The van der Waals surface area contributed by atoms with E-state index in [2.05, 4.69) is 140 Å². The summed E-state index contributed by atoms with van der Waals surface area (Å²) in [5, 5.41) is 14.2. The Balaban J connectivity index is 1.32. The number of aryl methyl sites for hydroxylation is 1. The maximum Gasteiger partial charge on any atom is 0.137 e. The van der Waals surface area contributed by atoms with Crippen LogP contribution in [0.25, 0.3) is 54.9 Å². The van der Waals surface area contributed by atoms with E-state index >= 15 is 0 Å². The summed E-state index contributed by atoms with van der Waals surface area (Å²) in [4.78, 5) is 2.03. The molecule has 0 amide bonds. The van der Waals surface area contributed by atoms with Crippen LogP contribution in [0.3, 0.4) is 0 Å². The van der Waals surface area contributed by atoms with Gasteiger partial charge in [0.1, 0.15) is 5.84 Å². The lowest BCUT2D eigenvalue weighted by molar-refractivity contribution is 1.27. The van der Waals surface area contributed by atoms with Crippen LogP contribution < -0.4 is 4.90 Å². The van der Waals surface area contributed by atoms with Crippen LogP contribution in [0.1, 0.15) is 11.1 Å². The molecule has 0 aliphatic rings. The largest absolute Gasteiger partial charge is 0.295 e. The third-order valence-electron chi connectivity index (χ3n) is 9.21. The van der Waals surface area contributed by atoms with Gasteiger partial charge in [-0.3, -0.25) is 10.3 Å². The molecule has 0 fully saturated rings. The number of anilines is 2. The summed E-state index contributed by atoms with van der Waals surface area (Å²) in [5.41, 5.74) is 11.2. The minimum atomic E-state index is 0.437. The quantitative estimate of drug-likeness (QED) is 0.113. The van der Waals surface area contributed by atoms with E-state index in [1.54, 1.807) is 0 Å². The van der Waals surface area contributed by atoms with Gasteiger partial charge >= 0.3 is 0 Å². The van der Waals surface area contributed by atoms with Crippen molar-refractivity contribution in [2.24, 2.45) is 0 Å². The van der Waals surface area contributed by atoms with Gasteiger partial charge in [-0.25, -0.2) is 0 Å². The first kappa shape index (κ1) is 29.2. The van der Waals surface area contributed by atoms with E-state index in [1.165, 1.54) is 54.9 Å². The average Bonchev–Trinajstić information content (AvgIpc) is 3.15. The highest BCUT2D eigenvalue weighted by Crippen LogP contribution is 2.45. The Kier molecular flexibility index (Phi) is 7.60. The number of fused-ring (bicyclic) bond motifs is 2. The Bertz CT molecular complexity index is 2400. The maximum atomic E-state index is 9.23. The van der Waals surface area contributed by atoms with Crippen molar-refractivity contribution in [1.29, 1.82) is 5.41 Å². The summed E-state index contributed by atoms with van der Waals surface area (Å²) < 4.78 is 0. The first-order valence-corrected chi connectivity index (χ1v) is 16.4. The molecule has 0 saturated carbocycles. The first-order valence-electron chi connectivity index (χ1n) is 16.4. The lowest BCUT2D eigenvalue weighted by Crippen LogP contribution is -2.26. The summed E-state index contributed by atoms with van der Waals surface area (Å²) >= 11 is 0. The maximum absolute atomic E-state index is 9.23. The molecule has 228 valence electrons. The molecule has 2 heteroatoms. The van der Waals surface area contributed by atoms with Gasteiger partial charge in [-0.1, -0.05) is 152 Å². The van der Waals surface area contributed by atoms with Gasteiger partial charge in [0.15, 0.2) is 0 Å². The highest BCUT2D eigenvalue weighted by atomic mass is 15.2. The summed E-state index contributed by atoms with van der Waals surface area (Å²) in [6, 6.07) is 63.9. The lowest BCUT2D eigenvalue weighted by atomic mass is 9.84. The van der Waals surface area contributed by atoms with Crippen LogP contribution in [-0.4, -0.2) is 5.84 Å². The van der Waals surface area contributed by atoms with Crippen LogP contribution in [0.5, 0.6) is 0 Å². The molecule has 0 spiro atoms. The Labute approximate surface area is 281 Å². The topological polar surface area (TPSA) is 27.1 Å². The highest BCUT2D eigenvalue weighted by molar-refractivity contribution is 6.22. The summed E-state index contributed by atoms with van der Waals surface area (Å²) in [5.74, 6) is 0.437. The third-order valence-corrected chi connectivity index (χ3v) is 9.21. The molecule has 8 rings (SSSR count). The number of para-hydroxylation sites is 1. The van der Waals surface area contributed by atoms with Crippen LogP contribution in [0.2, 0.25) is 0 Å². The fourth-order valence-electron chi connectivity index (χ4n) is 7.00. The summed E-state index contributed by atoms with van der Waals surface area (Å²) in [7, 11) is 0. The zero-order valence-electron chi connectivity index (χ0n) is 26.8. The van der Waals surface area contributed by atoms with Gasteiger partial charge in [-0.15, -0.1) is 0 Å². The van der Waals surface area contributed by atoms with Gasteiger partial charge in [0.2, 0.25) is 0 Å². The standard InChI is InChI=1S/C46H34N2/c1-32-30-38(48(37-22-12-5-13-23-37)46(47)35-20-10-4-11-21-35)27-29-39(32)36-26-28-42-43(31-36)45(34-18-8-3-9-19-34)41-25-15-14-24-40(41)44(42)33-16-6-2-7-17-33/h2-31,47H,1H3. The van der Waals surface area contributed by atoms with Crippen molar-refractivity contribution in [3.8, 4) is 33.4 Å². The van der Waals surface area contributed by atoms with E-state index in [9.17, 15) is 5.41 Å². The van der Waals surface area contributed by atoms with Crippen molar-refractivity contribution in [3.05, 3.63) is 193 Å². The second-order valence-corrected chi connectivity index (χ2v) is 12.2. The van der Waals surface area contributed by atoms with E-state index < -0.39 is 0 Å². The van der Waals surface area contributed by atoms with Crippen molar-refractivity contribution >= 4 is 38.8 Å². The average molecular weight is 615 g/mol. The van der Waals surface area contributed by atoms with E-state index in [0.29, 0.717) is 5.84 Å². The normalized spacial score (nSPS) is 11.1. The molecule has 0 aliphatic carbocycles. The number of nitrogens with one attached hydrogen (secondary N) is 1. The van der Waals surface area contributed by atoms with Crippen LogP contribution >= 0.6 is 0 Å². The number of hydrogen-bond donors (Lipinski definition) is 1. The molecule has 0 heterocycles. The van der Waals surface area contributed by atoms with Crippen molar-refractivity contribution in [2.45, 2.75) is 6.92 Å². The molecule has 0 saturated heterocycles. The SMILES string of the molecule is Cc1cc(N(C(=N)c2ccccc2)c2ccccc2)ccc1-c1ccc2c(-c3ccccc3)c3ccccc3c(-c3ccccc3)c2c1. The Hall–Kier alpha value is -6.25. The molecule has 0 unspecified atom stereocenters. The predicted molar refractivity (Wildman–Crippen MR) is 204 cm³/mol. The van der Waals surface area contributed by atoms with Crippen molar-refractivity contribution < 1.29 is 0 Å². The smallest absolute Gasteiger partial charge is 0.137 e. The third kappa shape index (κ3) is 5.24. The molecule has 0 aliphatic heterocycles. The molecule has 0 aromatic heterocycles. The Morgan fingerprint density at radius 1 is 0.417 bits per heavy atom. The monoisotopic (exact) mass is 614 g/mol. The van der Waals surface area contributed by atoms with Gasteiger partial charge in [-0.05, 0) is 97.7 Å². The molecule has 0 bridgehead atoms. The first-order chi connectivity index (χ1) is 23.7. The summed E-state index contributed by atoms with van der Waals surface area (Å²) in [6.45, 7) is 2.17. The molecular formula is C46H34N2. The van der Waals surface area contributed by atoms with Crippen LogP contribution in [0.4, 0.5) is 11.4 Å². The fourth-order valence-corrected chi connectivity index (χ4v) is 7.00. The lowest BCUT2D eigenvalue weighted by Gasteiger charge is -2.26. The van der Waals surface area contributed by atoms with E-state index in [0.717, 1.165) is 22.5 Å². The van der Waals surface area contributed by atoms with Crippen molar-refractivity contribution in [1.82, 2.24) is 0 Å². The molecule has 48 heavy (non-hydrogen) atoms. The Morgan fingerprint density at radius 3 is 1.50 bits per heavy atom.